The molecule has 5 fully saturated rings. The molecule has 9 unspecified atom stereocenters. The van der Waals surface area contributed by atoms with E-state index in [1.54, 1.807) is 12.8 Å². The number of rotatable bonds is 3. The maximum Gasteiger partial charge on any atom is 0.0143 e. The van der Waals surface area contributed by atoms with Gasteiger partial charge in [0.15, 0.2) is 0 Å². The van der Waals surface area contributed by atoms with Crippen LogP contribution in [0.2, 0.25) is 0 Å². The molecule has 0 amide bonds. The molecule has 0 aromatic carbocycles. The van der Waals surface area contributed by atoms with Crippen LogP contribution in [-0.4, -0.2) is 50.1 Å². The highest BCUT2D eigenvalue weighted by Gasteiger charge is 2.82. The topological polar surface area (TPSA) is 6.48 Å². The van der Waals surface area contributed by atoms with Crippen molar-refractivity contribution < 1.29 is 0 Å². The Labute approximate surface area is 187 Å². The minimum Gasteiger partial charge on any atom is -0.306 e. The van der Waals surface area contributed by atoms with E-state index < -0.39 is 0 Å². The fraction of sp³-hybridized carbons (Fsp3) is 1.00. The second-order valence-corrected chi connectivity index (χ2v) is 14.2. The molecular weight excluding hydrogens is 364 g/mol. The summed E-state index contributed by atoms with van der Waals surface area (Å²) < 4.78 is 0. The fourth-order valence-electron chi connectivity index (χ4n) is 11.4. The lowest BCUT2D eigenvalue weighted by Gasteiger charge is -2.64. The van der Waals surface area contributed by atoms with Crippen molar-refractivity contribution in [1.29, 1.82) is 0 Å². The van der Waals surface area contributed by atoms with Crippen molar-refractivity contribution >= 4 is 0 Å². The van der Waals surface area contributed by atoms with Crippen LogP contribution in [-0.2, 0) is 0 Å². The van der Waals surface area contributed by atoms with E-state index in [9.17, 15) is 0 Å². The minimum absolute atomic E-state index is 0.468. The van der Waals surface area contributed by atoms with Crippen molar-refractivity contribution in [1.82, 2.24) is 9.80 Å². The molecule has 9 atom stereocenters. The summed E-state index contributed by atoms with van der Waals surface area (Å²) >= 11 is 0. The molecular formula is C28H50N2. The van der Waals surface area contributed by atoms with Gasteiger partial charge in [0, 0.05) is 12.1 Å². The number of fused-ring (bicyclic) bond motifs is 2. The van der Waals surface area contributed by atoms with Crippen molar-refractivity contribution in [2.24, 2.45) is 44.8 Å². The summed E-state index contributed by atoms with van der Waals surface area (Å²) in [6.07, 6.45) is 13.5. The molecule has 5 aliphatic carbocycles. The highest BCUT2D eigenvalue weighted by Crippen LogP contribution is 2.89. The van der Waals surface area contributed by atoms with E-state index in [0.717, 1.165) is 23.8 Å². The maximum absolute atomic E-state index is 2.77. The van der Waals surface area contributed by atoms with Crippen LogP contribution >= 0.6 is 0 Å². The molecule has 2 heteroatoms. The molecule has 0 aliphatic heterocycles. The summed E-state index contributed by atoms with van der Waals surface area (Å²) in [6.45, 7) is 13.3. The average Bonchev–Trinajstić information content (AvgIpc) is 3.23. The van der Waals surface area contributed by atoms with E-state index in [-0.39, 0.29) is 0 Å². The predicted molar refractivity (Wildman–Crippen MR) is 128 cm³/mol. The zero-order valence-corrected chi connectivity index (χ0v) is 21.6. The van der Waals surface area contributed by atoms with E-state index in [2.05, 4.69) is 72.6 Å². The molecule has 30 heavy (non-hydrogen) atoms. The third kappa shape index (κ3) is 2.29. The van der Waals surface area contributed by atoms with E-state index in [1.165, 1.54) is 44.9 Å². The van der Waals surface area contributed by atoms with E-state index in [4.69, 9.17) is 0 Å². The van der Waals surface area contributed by atoms with E-state index in [0.29, 0.717) is 33.1 Å². The third-order valence-electron chi connectivity index (χ3n) is 13.2. The standard InChI is InChI=1S/C28H50N2/c1-19(29(6)7)20-12-14-26(5)22-11-10-21-24(2,3)23(30(8)9)13-15-27(21)18-28(22,27)17-16-25(20,26)4/h19-23H,10-18H2,1-9H3. The van der Waals surface area contributed by atoms with Gasteiger partial charge >= 0.3 is 0 Å². The Kier molecular flexibility index (Phi) is 4.55. The molecule has 0 N–H and O–H groups in total. The Morgan fingerprint density at radius 2 is 1.33 bits per heavy atom. The molecule has 2 spiro atoms. The zero-order valence-electron chi connectivity index (χ0n) is 21.6. The van der Waals surface area contributed by atoms with Crippen LogP contribution in [0.1, 0.15) is 92.4 Å². The summed E-state index contributed by atoms with van der Waals surface area (Å²) in [7, 11) is 9.27. The van der Waals surface area contributed by atoms with Crippen LogP contribution in [0, 0.1) is 44.8 Å². The van der Waals surface area contributed by atoms with Crippen LogP contribution in [0.25, 0.3) is 0 Å². The Morgan fingerprint density at radius 3 is 1.97 bits per heavy atom. The van der Waals surface area contributed by atoms with Crippen molar-refractivity contribution in [3.8, 4) is 0 Å². The molecule has 0 radical (unpaired) electrons. The zero-order chi connectivity index (χ0) is 21.9. The SMILES string of the molecule is CC(C1CCC2(C)C3CCC4C(C)(C)C(N(C)C)CCC45CC35CCC12C)N(C)C. The number of hydrogen-bond acceptors (Lipinski definition) is 2. The Morgan fingerprint density at radius 1 is 0.700 bits per heavy atom. The molecule has 172 valence electrons. The monoisotopic (exact) mass is 414 g/mol. The van der Waals surface area contributed by atoms with Gasteiger partial charge in [-0.25, -0.2) is 0 Å². The molecule has 0 heterocycles. The summed E-state index contributed by atoms with van der Waals surface area (Å²) in [4.78, 5) is 5.06. The van der Waals surface area contributed by atoms with Gasteiger partial charge in [-0.1, -0.05) is 27.7 Å². The van der Waals surface area contributed by atoms with Gasteiger partial charge in [0.2, 0.25) is 0 Å². The lowest BCUT2D eigenvalue weighted by atomic mass is 9.41. The van der Waals surface area contributed by atoms with Crippen LogP contribution in [0.15, 0.2) is 0 Å². The highest BCUT2D eigenvalue weighted by atomic mass is 15.1. The lowest BCUT2D eigenvalue weighted by Crippen LogP contribution is -2.59. The first-order valence-electron chi connectivity index (χ1n) is 13.2. The second kappa shape index (κ2) is 6.28. The van der Waals surface area contributed by atoms with Crippen molar-refractivity contribution in [3.63, 3.8) is 0 Å². The Bertz CT molecular complexity index is 711. The molecule has 0 bridgehead atoms. The Hall–Kier alpha value is -0.0800. The summed E-state index contributed by atoms with van der Waals surface area (Å²) in [5.74, 6) is 2.82. The third-order valence-corrected chi connectivity index (χ3v) is 13.2. The first kappa shape index (κ1) is 21.7. The lowest BCUT2D eigenvalue weighted by molar-refractivity contribution is -0.152. The molecule has 0 saturated heterocycles. The fourth-order valence-corrected chi connectivity index (χ4v) is 11.4. The molecule has 0 aromatic heterocycles. The van der Waals surface area contributed by atoms with Crippen molar-refractivity contribution in [3.05, 3.63) is 0 Å². The molecule has 5 saturated carbocycles. The predicted octanol–water partition coefficient (Wildman–Crippen LogP) is 6.31. The summed E-state index contributed by atoms with van der Waals surface area (Å²) in [5, 5.41) is 0. The van der Waals surface area contributed by atoms with Gasteiger partial charge in [-0.3, -0.25) is 0 Å². The van der Waals surface area contributed by atoms with Gasteiger partial charge < -0.3 is 9.80 Å². The van der Waals surface area contributed by atoms with Gasteiger partial charge in [0.1, 0.15) is 0 Å². The van der Waals surface area contributed by atoms with Crippen LogP contribution in [0.4, 0.5) is 0 Å². The normalized spacial score (nSPS) is 54.9. The molecule has 0 aromatic rings. The number of hydrogen-bond donors (Lipinski definition) is 0. The average molecular weight is 415 g/mol. The van der Waals surface area contributed by atoms with Gasteiger partial charge in [-0.05, 0) is 138 Å². The van der Waals surface area contributed by atoms with Crippen molar-refractivity contribution in [2.75, 3.05) is 28.2 Å². The quantitative estimate of drug-likeness (QED) is 0.534. The van der Waals surface area contributed by atoms with E-state index >= 15 is 0 Å². The van der Waals surface area contributed by atoms with Crippen molar-refractivity contribution in [2.45, 2.75) is 104 Å². The molecule has 2 nitrogen and oxygen atoms in total. The number of nitrogens with zero attached hydrogens (tertiary/aromatic N) is 2. The van der Waals surface area contributed by atoms with Gasteiger partial charge in [0.05, 0.1) is 0 Å². The maximum atomic E-state index is 2.77. The largest absolute Gasteiger partial charge is 0.306 e. The minimum atomic E-state index is 0.468. The van der Waals surface area contributed by atoms with Gasteiger partial charge in [-0.15, -0.1) is 0 Å². The van der Waals surface area contributed by atoms with E-state index in [1.807, 2.05) is 0 Å². The summed E-state index contributed by atoms with van der Waals surface area (Å²) in [6, 6.07) is 1.48. The second-order valence-electron chi connectivity index (χ2n) is 14.2. The molecule has 5 rings (SSSR count). The first-order chi connectivity index (χ1) is 13.9. The van der Waals surface area contributed by atoms with Crippen LogP contribution in [0.3, 0.4) is 0 Å². The van der Waals surface area contributed by atoms with Crippen LogP contribution in [0.5, 0.6) is 0 Å². The summed E-state index contributed by atoms with van der Waals surface area (Å²) in [5.41, 5.74) is 2.97. The molecule has 5 aliphatic rings. The smallest absolute Gasteiger partial charge is 0.0143 e. The Balaban J connectivity index is 1.48. The first-order valence-corrected chi connectivity index (χ1v) is 13.2. The van der Waals surface area contributed by atoms with Crippen LogP contribution < -0.4 is 0 Å². The highest BCUT2D eigenvalue weighted by molar-refractivity contribution is 5.31. The van der Waals surface area contributed by atoms with Gasteiger partial charge in [-0.2, -0.15) is 0 Å². The van der Waals surface area contributed by atoms with Gasteiger partial charge in [0.25, 0.3) is 0 Å².